The Hall–Kier alpha value is -2.43. The van der Waals surface area contributed by atoms with E-state index in [4.69, 9.17) is 0 Å². The first-order valence-corrected chi connectivity index (χ1v) is 11.5. The van der Waals surface area contributed by atoms with E-state index in [1.54, 1.807) is 12.1 Å². The summed E-state index contributed by atoms with van der Waals surface area (Å²) in [5, 5.41) is 0. The molecule has 0 aliphatic heterocycles. The number of sulfonamides is 1. The SMILES string of the molecule is Cc1ccc(S(=O)(=O)NC(CC[c-]2cccc2)c2ccccc2)cc1.[Fe+2].c1cc[cH-]c1. The monoisotopic (exact) mass is 473 g/mol. The Morgan fingerprint density at radius 1 is 0.871 bits per heavy atom. The molecule has 0 aromatic heterocycles. The molecule has 0 heterocycles. The van der Waals surface area contributed by atoms with Crippen molar-refractivity contribution in [3.8, 4) is 0 Å². The Bertz CT molecular complexity index is 1060. The minimum atomic E-state index is -3.57. The average molecular weight is 473 g/mol. The van der Waals surface area contributed by atoms with E-state index in [2.05, 4.69) is 16.9 Å². The van der Waals surface area contributed by atoms with Gasteiger partial charge in [-0.2, -0.15) is 35.9 Å². The quantitative estimate of drug-likeness (QED) is 0.274. The molecule has 1 unspecified atom stereocenters. The van der Waals surface area contributed by atoms with Crippen LogP contribution < -0.4 is 4.72 Å². The van der Waals surface area contributed by atoms with E-state index in [0.717, 1.165) is 17.5 Å². The Labute approximate surface area is 196 Å². The zero-order valence-corrected chi connectivity index (χ0v) is 19.4. The summed E-state index contributed by atoms with van der Waals surface area (Å²) in [5.41, 5.74) is 3.23. The maximum atomic E-state index is 12.8. The van der Waals surface area contributed by atoms with Crippen molar-refractivity contribution in [1.29, 1.82) is 0 Å². The summed E-state index contributed by atoms with van der Waals surface area (Å²) < 4.78 is 28.4. The van der Waals surface area contributed by atoms with Crippen molar-refractivity contribution in [1.82, 2.24) is 4.72 Å². The van der Waals surface area contributed by atoms with E-state index in [0.29, 0.717) is 11.3 Å². The minimum Gasteiger partial charge on any atom is -0.214 e. The molecule has 31 heavy (non-hydrogen) atoms. The molecule has 0 bridgehead atoms. The van der Waals surface area contributed by atoms with Crippen molar-refractivity contribution in [3.05, 3.63) is 126 Å². The van der Waals surface area contributed by atoms with Gasteiger partial charge in [0.1, 0.15) is 0 Å². The number of benzene rings is 2. The fraction of sp³-hybridized carbons (Fsp3) is 0.154. The van der Waals surface area contributed by atoms with Crippen LogP contribution >= 0.6 is 0 Å². The third-order valence-corrected chi connectivity index (χ3v) is 6.33. The van der Waals surface area contributed by atoms with Gasteiger partial charge in [0.05, 0.1) is 4.90 Å². The number of nitrogens with one attached hydrogen (secondary N) is 1. The molecule has 0 amide bonds. The summed E-state index contributed by atoms with van der Waals surface area (Å²) in [6, 6.07) is 34.5. The topological polar surface area (TPSA) is 46.2 Å². The fourth-order valence-electron chi connectivity index (χ4n) is 3.16. The van der Waals surface area contributed by atoms with E-state index in [-0.39, 0.29) is 23.1 Å². The largest absolute Gasteiger partial charge is 2.00 e. The summed E-state index contributed by atoms with van der Waals surface area (Å²) in [4.78, 5) is 0.298. The van der Waals surface area contributed by atoms with Gasteiger partial charge in [0.15, 0.2) is 0 Å². The van der Waals surface area contributed by atoms with Crippen LogP contribution in [0.4, 0.5) is 0 Å². The Kier molecular flexibility index (Phi) is 9.96. The zero-order chi connectivity index (χ0) is 21.2. The molecule has 0 saturated heterocycles. The van der Waals surface area contributed by atoms with Crippen LogP contribution in [0.2, 0.25) is 0 Å². The van der Waals surface area contributed by atoms with Crippen molar-refractivity contribution in [2.45, 2.75) is 30.7 Å². The molecule has 0 fully saturated rings. The molecule has 0 aliphatic rings. The molecule has 0 spiro atoms. The van der Waals surface area contributed by atoms with Crippen molar-refractivity contribution in [2.75, 3.05) is 0 Å². The molecular formula is C26H27FeNO2S. The number of rotatable bonds is 7. The van der Waals surface area contributed by atoms with Crippen LogP contribution in [0.3, 0.4) is 0 Å². The standard InChI is InChI=1S/C21H22NO2S.C5H5.Fe/c1-17-11-14-20(15-12-17)25(23,24)22-21(19-9-3-2-4-10-19)16-13-18-7-5-6-8-18;1-2-4-5-3-1;/h2-12,14-15,21-22H,13,16H2,1H3;1-5H;/q2*-1;+2. The number of aryl methyl sites for hydroxylation is 2. The summed E-state index contributed by atoms with van der Waals surface area (Å²) in [6.45, 7) is 1.94. The first-order valence-electron chi connectivity index (χ1n) is 10.1. The average Bonchev–Trinajstić information content (AvgIpc) is 3.49. The van der Waals surface area contributed by atoms with Crippen molar-refractivity contribution >= 4 is 10.0 Å². The van der Waals surface area contributed by atoms with Gasteiger partial charge in [0.25, 0.3) is 0 Å². The second-order valence-corrected chi connectivity index (χ2v) is 8.91. The van der Waals surface area contributed by atoms with Crippen molar-refractivity contribution in [2.24, 2.45) is 0 Å². The Morgan fingerprint density at radius 3 is 2.03 bits per heavy atom. The number of hydrogen-bond donors (Lipinski definition) is 1. The summed E-state index contributed by atoms with van der Waals surface area (Å²) in [7, 11) is -3.57. The van der Waals surface area contributed by atoms with Crippen LogP contribution in [0.5, 0.6) is 0 Å². The van der Waals surface area contributed by atoms with Gasteiger partial charge in [0, 0.05) is 6.04 Å². The molecule has 0 radical (unpaired) electrons. The first-order chi connectivity index (χ1) is 14.5. The molecule has 4 rings (SSSR count). The maximum Gasteiger partial charge on any atom is 2.00 e. The van der Waals surface area contributed by atoms with Gasteiger partial charge in [-0.25, -0.2) is 37.4 Å². The van der Waals surface area contributed by atoms with Gasteiger partial charge in [-0.1, -0.05) is 54.4 Å². The second-order valence-electron chi connectivity index (χ2n) is 7.19. The molecule has 1 atom stereocenters. The molecule has 162 valence electrons. The smallest absolute Gasteiger partial charge is 0.214 e. The van der Waals surface area contributed by atoms with Gasteiger partial charge in [0.2, 0.25) is 10.0 Å². The second kappa shape index (κ2) is 12.4. The van der Waals surface area contributed by atoms with Crippen LogP contribution in [-0.2, 0) is 33.5 Å². The van der Waals surface area contributed by atoms with Gasteiger partial charge in [-0.3, -0.25) is 0 Å². The normalized spacial score (nSPS) is 11.6. The molecule has 1 N–H and O–H groups in total. The molecule has 4 aromatic rings. The summed E-state index contributed by atoms with van der Waals surface area (Å²) in [6.07, 6.45) is 1.53. The fourth-order valence-corrected chi connectivity index (χ4v) is 4.42. The Balaban J connectivity index is 0.000000501. The van der Waals surface area contributed by atoms with Gasteiger partial charge < -0.3 is 0 Å². The summed E-state index contributed by atoms with van der Waals surface area (Å²) in [5.74, 6) is 0. The van der Waals surface area contributed by atoms with Gasteiger partial charge >= 0.3 is 17.1 Å². The van der Waals surface area contributed by atoms with Crippen LogP contribution in [0, 0.1) is 6.92 Å². The molecular weight excluding hydrogens is 446 g/mol. The number of hydrogen-bond acceptors (Lipinski definition) is 2. The van der Waals surface area contributed by atoms with E-state index >= 15 is 0 Å². The van der Waals surface area contributed by atoms with Crippen molar-refractivity contribution < 1.29 is 25.5 Å². The predicted molar refractivity (Wildman–Crippen MR) is 123 cm³/mol. The Morgan fingerprint density at radius 2 is 1.48 bits per heavy atom. The summed E-state index contributed by atoms with van der Waals surface area (Å²) >= 11 is 0. The van der Waals surface area contributed by atoms with Crippen LogP contribution in [0.25, 0.3) is 0 Å². The zero-order valence-electron chi connectivity index (χ0n) is 17.5. The molecule has 0 saturated carbocycles. The van der Waals surface area contributed by atoms with Crippen LogP contribution in [-0.4, -0.2) is 8.42 Å². The third kappa shape index (κ3) is 7.97. The van der Waals surface area contributed by atoms with E-state index in [1.165, 1.54) is 5.56 Å². The van der Waals surface area contributed by atoms with Crippen LogP contribution in [0.15, 0.2) is 114 Å². The third-order valence-electron chi connectivity index (χ3n) is 4.84. The van der Waals surface area contributed by atoms with E-state index in [9.17, 15) is 8.42 Å². The van der Waals surface area contributed by atoms with Gasteiger partial charge in [-0.15, -0.1) is 0 Å². The minimum absolute atomic E-state index is 0. The van der Waals surface area contributed by atoms with Crippen LogP contribution in [0.1, 0.15) is 29.2 Å². The maximum absolute atomic E-state index is 12.8. The molecule has 3 nitrogen and oxygen atoms in total. The van der Waals surface area contributed by atoms with Crippen molar-refractivity contribution in [3.63, 3.8) is 0 Å². The van der Waals surface area contributed by atoms with E-state index < -0.39 is 10.0 Å². The molecule has 0 aliphatic carbocycles. The van der Waals surface area contributed by atoms with Gasteiger partial charge in [-0.05, 0) is 31.0 Å². The van der Waals surface area contributed by atoms with E-state index in [1.807, 2.05) is 91.9 Å². The first kappa shape index (κ1) is 24.8. The molecule has 5 heteroatoms. The molecule has 4 aromatic carbocycles. The predicted octanol–water partition coefficient (Wildman–Crippen LogP) is 5.77.